The van der Waals surface area contributed by atoms with Crippen molar-refractivity contribution in [2.75, 3.05) is 6.61 Å². The van der Waals surface area contributed by atoms with Gasteiger partial charge in [-0.05, 0) is 69.6 Å². The molecule has 0 unspecified atom stereocenters. The molecule has 0 aromatic heterocycles. The molecule has 0 N–H and O–H groups in total. The van der Waals surface area contributed by atoms with Gasteiger partial charge in [0.1, 0.15) is 0 Å². The van der Waals surface area contributed by atoms with Gasteiger partial charge in [0.15, 0.2) is 0 Å². The molecule has 0 spiro atoms. The van der Waals surface area contributed by atoms with Crippen molar-refractivity contribution in [1.29, 1.82) is 5.26 Å². The molecule has 29 heavy (non-hydrogen) atoms. The molecule has 0 aromatic rings. The van der Waals surface area contributed by atoms with Crippen LogP contribution in [0.2, 0.25) is 0 Å². The van der Waals surface area contributed by atoms with Crippen LogP contribution >= 0.6 is 0 Å². The Morgan fingerprint density at radius 1 is 0.759 bits per heavy atom. The predicted molar refractivity (Wildman–Crippen MR) is 124 cm³/mol. The number of rotatable bonds is 14. The lowest BCUT2D eigenvalue weighted by Crippen LogP contribution is -2.30. The van der Waals surface area contributed by atoms with Crippen molar-refractivity contribution in [3.8, 4) is 6.07 Å². The molecule has 0 aliphatic heterocycles. The fourth-order valence-corrected chi connectivity index (χ4v) is 5.60. The van der Waals surface area contributed by atoms with Crippen LogP contribution in [0.1, 0.15) is 136 Å². The zero-order chi connectivity index (χ0) is 20.8. The Morgan fingerprint density at radius 3 is 2.00 bits per heavy atom. The molecule has 2 fully saturated rings. The minimum absolute atomic E-state index is 0.0145. The van der Waals surface area contributed by atoms with E-state index in [4.69, 9.17) is 4.74 Å². The van der Waals surface area contributed by atoms with Crippen LogP contribution in [0, 0.1) is 28.6 Å². The first-order chi connectivity index (χ1) is 14.2. The highest BCUT2D eigenvalue weighted by molar-refractivity contribution is 5.01. The average molecular weight is 404 g/mol. The molecular weight excluding hydrogens is 354 g/mol. The summed E-state index contributed by atoms with van der Waals surface area (Å²) in [6.07, 6.45) is 25.3. The van der Waals surface area contributed by atoms with Crippen LogP contribution in [0.15, 0.2) is 0 Å². The second-order valence-corrected chi connectivity index (χ2v) is 10.3. The Labute approximate surface area is 182 Å². The van der Waals surface area contributed by atoms with Crippen molar-refractivity contribution in [3.63, 3.8) is 0 Å². The van der Waals surface area contributed by atoms with Crippen molar-refractivity contribution in [2.45, 2.75) is 142 Å². The summed E-state index contributed by atoms with van der Waals surface area (Å²) in [4.78, 5) is 0. The lowest BCUT2D eigenvalue weighted by molar-refractivity contribution is -0.0135. The molecule has 2 nitrogen and oxygen atoms in total. The number of hydrogen-bond donors (Lipinski definition) is 0. The quantitative estimate of drug-likeness (QED) is 0.272. The SMILES string of the molecule is CCCCCCCC1CCC(OCC2CCC(C#N)(CCCCCC)CC2)CC1. The summed E-state index contributed by atoms with van der Waals surface area (Å²) in [6.45, 7) is 5.50. The van der Waals surface area contributed by atoms with Gasteiger partial charge in [0.05, 0.1) is 17.6 Å². The van der Waals surface area contributed by atoms with E-state index in [0.29, 0.717) is 12.0 Å². The molecule has 2 aliphatic carbocycles. The van der Waals surface area contributed by atoms with Crippen LogP contribution in [-0.2, 0) is 4.74 Å². The molecule has 0 heterocycles. The maximum atomic E-state index is 9.77. The molecular formula is C27H49NO. The highest BCUT2D eigenvalue weighted by Crippen LogP contribution is 2.42. The third-order valence-electron chi connectivity index (χ3n) is 7.89. The standard InChI is InChI=1S/C27H49NO/c1-3-5-7-9-10-12-24-13-15-26(16-14-24)29-22-25-17-20-27(23-28,21-18-25)19-11-8-6-4-2/h24-26H,3-22H2,1-2H3. The van der Waals surface area contributed by atoms with Crippen LogP contribution in [0.3, 0.4) is 0 Å². The summed E-state index contributed by atoms with van der Waals surface area (Å²) in [5.74, 6) is 1.67. The first-order valence-corrected chi connectivity index (χ1v) is 13.2. The maximum absolute atomic E-state index is 9.77. The van der Waals surface area contributed by atoms with Gasteiger partial charge in [0.25, 0.3) is 0 Å². The molecule has 0 radical (unpaired) electrons. The third kappa shape index (κ3) is 9.42. The predicted octanol–water partition coefficient (Wildman–Crippen LogP) is 8.59. The maximum Gasteiger partial charge on any atom is 0.0689 e. The van der Waals surface area contributed by atoms with Crippen molar-refractivity contribution >= 4 is 0 Å². The number of ether oxygens (including phenoxy) is 1. The highest BCUT2D eigenvalue weighted by atomic mass is 16.5. The average Bonchev–Trinajstić information content (AvgIpc) is 2.77. The van der Waals surface area contributed by atoms with E-state index in [1.807, 2.05) is 0 Å². The summed E-state index contributed by atoms with van der Waals surface area (Å²) in [5, 5.41) is 9.77. The van der Waals surface area contributed by atoms with Crippen LogP contribution in [-0.4, -0.2) is 12.7 Å². The van der Waals surface area contributed by atoms with Gasteiger partial charge in [-0.15, -0.1) is 0 Å². The first-order valence-electron chi connectivity index (χ1n) is 13.2. The van der Waals surface area contributed by atoms with E-state index >= 15 is 0 Å². The molecule has 2 saturated carbocycles. The van der Waals surface area contributed by atoms with Crippen molar-refractivity contribution in [3.05, 3.63) is 0 Å². The zero-order valence-corrected chi connectivity index (χ0v) is 19.7. The van der Waals surface area contributed by atoms with Crippen LogP contribution in [0.25, 0.3) is 0 Å². The zero-order valence-electron chi connectivity index (χ0n) is 19.7. The van der Waals surface area contributed by atoms with Gasteiger partial charge in [0.2, 0.25) is 0 Å². The van der Waals surface area contributed by atoms with Gasteiger partial charge in [-0.1, -0.05) is 78.1 Å². The fourth-order valence-electron chi connectivity index (χ4n) is 5.60. The van der Waals surface area contributed by atoms with E-state index in [0.717, 1.165) is 31.8 Å². The second-order valence-electron chi connectivity index (χ2n) is 10.3. The molecule has 0 aromatic carbocycles. The van der Waals surface area contributed by atoms with E-state index in [1.165, 1.54) is 103 Å². The van der Waals surface area contributed by atoms with Crippen LogP contribution in [0.5, 0.6) is 0 Å². The lowest BCUT2D eigenvalue weighted by Gasteiger charge is -2.36. The number of nitriles is 1. The van der Waals surface area contributed by atoms with Gasteiger partial charge in [-0.25, -0.2) is 0 Å². The Hall–Kier alpha value is -0.550. The largest absolute Gasteiger partial charge is 0.378 e. The van der Waals surface area contributed by atoms with E-state index in [9.17, 15) is 5.26 Å². The topological polar surface area (TPSA) is 33.0 Å². The molecule has 0 amide bonds. The number of hydrogen-bond acceptors (Lipinski definition) is 2. The molecule has 168 valence electrons. The number of nitrogens with zero attached hydrogens (tertiary/aromatic N) is 1. The van der Waals surface area contributed by atoms with Crippen LogP contribution in [0.4, 0.5) is 0 Å². The Balaban J connectivity index is 1.55. The van der Waals surface area contributed by atoms with E-state index in [2.05, 4.69) is 19.9 Å². The highest BCUT2D eigenvalue weighted by Gasteiger charge is 2.35. The molecule has 2 rings (SSSR count). The van der Waals surface area contributed by atoms with Gasteiger partial charge >= 0.3 is 0 Å². The Morgan fingerprint density at radius 2 is 1.38 bits per heavy atom. The monoisotopic (exact) mass is 403 g/mol. The normalized spacial score (nSPS) is 30.2. The Bertz CT molecular complexity index is 438. The van der Waals surface area contributed by atoms with Gasteiger partial charge in [-0.2, -0.15) is 5.26 Å². The summed E-state index contributed by atoms with van der Waals surface area (Å²) in [6, 6.07) is 2.71. The smallest absolute Gasteiger partial charge is 0.0689 e. The van der Waals surface area contributed by atoms with Gasteiger partial charge in [0, 0.05) is 6.61 Å². The minimum Gasteiger partial charge on any atom is -0.378 e. The van der Waals surface area contributed by atoms with Crippen molar-refractivity contribution in [1.82, 2.24) is 0 Å². The third-order valence-corrected chi connectivity index (χ3v) is 7.89. The fraction of sp³-hybridized carbons (Fsp3) is 0.963. The lowest BCUT2D eigenvalue weighted by atomic mass is 9.69. The summed E-state index contributed by atoms with van der Waals surface area (Å²) >= 11 is 0. The van der Waals surface area contributed by atoms with Gasteiger partial charge in [-0.3, -0.25) is 0 Å². The molecule has 2 aliphatic rings. The van der Waals surface area contributed by atoms with Crippen molar-refractivity contribution < 1.29 is 4.74 Å². The summed E-state index contributed by atoms with van der Waals surface area (Å²) in [7, 11) is 0. The first kappa shape index (κ1) is 24.7. The summed E-state index contributed by atoms with van der Waals surface area (Å²) < 4.78 is 6.36. The summed E-state index contributed by atoms with van der Waals surface area (Å²) in [5.41, 5.74) is -0.0145. The molecule has 0 saturated heterocycles. The van der Waals surface area contributed by atoms with E-state index < -0.39 is 0 Å². The van der Waals surface area contributed by atoms with Crippen LogP contribution < -0.4 is 0 Å². The van der Waals surface area contributed by atoms with Gasteiger partial charge < -0.3 is 4.74 Å². The second kappa shape index (κ2) is 14.5. The minimum atomic E-state index is -0.0145. The Kier molecular flexibility index (Phi) is 12.3. The van der Waals surface area contributed by atoms with E-state index in [1.54, 1.807) is 0 Å². The number of unbranched alkanes of at least 4 members (excludes halogenated alkanes) is 7. The van der Waals surface area contributed by atoms with Crippen molar-refractivity contribution in [2.24, 2.45) is 17.3 Å². The molecule has 2 heteroatoms. The molecule has 0 bridgehead atoms. The molecule has 0 atom stereocenters. The van der Waals surface area contributed by atoms with E-state index in [-0.39, 0.29) is 5.41 Å².